The smallest absolute Gasteiger partial charge is 0.0708 e. The summed E-state index contributed by atoms with van der Waals surface area (Å²) >= 11 is 0. The molecule has 1 fully saturated rings. The summed E-state index contributed by atoms with van der Waals surface area (Å²) in [4.78, 5) is 5.02. The van der Waals surface area contributed by atoms with E-state index in [-0.39, 0.29) is 5.54 Å². The number of hydrogen-bond donors (Lipinski definition) is 0. The summed E-state index contributed by atoms with van der Waals surface area (Å²) in [7, 11) is 2.20. The number of rotatable bonds is 5. The monoisotopic (exact) mass is 516 g/mol. The minimum absolute atomic E-state index is 0.0758. The fraction of sp³-hybridized carbons (Fsp3) is 0.158. The molecule has 5 aromatic carbocycles. The zero-order valence-corrected chi connectivity index (χ0v) is 22.8. The summed E-state index contributed by atoms with van der Waals surface area (Å²) in [6.07, 6.45) is 15.4. The molecule has 2 unspecified atom stereocenters. The van der Waals surface area contributed by atoms with E-state index in [4.69, 9.17) is 0 Å². The normalized spacial score (nSPS) is 20.6. The van der Waals surface area contributed by atoms with Gasteiger partial charge >= 0.3 is 0 Å². The summed E-state index contributed by atoms with van der Waals surface area (Å²) in [6, 6.07) is 37.7. The number of likely N-dealkylation sites (N-methyl/N-ethyl adjacent to an activating group) is 1. The standard InChI is InChI=1S/C38H32N2/c1-39(35-20-8-14-27-11-2-5-17-32(27)35)31-23-24-38(26-30(38)25-31)40(36-21-9-15-28-12-3-6-18-33(28)36)37-22-10-16-29-13-4-7-19-34(29)37/h2-3,5-12,14-25,30H,4,13,26H2,1H3. The largest absolute Gasteiger partial charge is 0.344 e. The van der Waals surface area contributed by atoms with Gasteiger partial charge in [0.1, 0.15) is 0 Å². The third-order valence-electron chi connectivity index (χ3n) is 9.16. The third-order valence-corrected chi connectivity index (χ3v) is 9.16. The predicted octanol–water partition coefficient (Wildman–Crippen LogP) is 9.44. The Hall–Kier alpha value is -4.56. The fourth-order valence-corrected chi connectivity index (χ4v) is 7.00. The van der Waals surface area contributed by atoms with Crippen LogP contribution in [0.2, 0.25) is 0 Å². The van der Waals surface area contributed by atoms with Crippen molar-refractivity contribution in [2.45, 2.75) is 24.8 Å². The van der Waals surface area contributed by atoms with Gasteiger partial charge in [0.15, 0.2) is 0 Å². The first kappa shape index (κ1) is 23.3. The van der Waals surface area contributed by atoms with Crippen molar-refractivity contribution in [1.82, 2.24) is 0 Å². The molecule has 0 aliphatic heterocycles. The van der Waals surface area contributed by atoms with E-state index in [0.29, 0.717) is 5.92 Å². The van der Waals surface area contributed by atoms with E-state index in [1.807, 2.05) is 0 Å². The van der Waals surface area contributed by atoms with Gasteiger partial charge < -0.3 is 9.80 Å². The van der Waals surface area contributed by atoms with E-state index in [9.17, 15) is 0 Å². The van der Waals surface area contributed by atoms with E-state index < -0.39 is 0 Å². The Bertz CT molecular complexity index is 1870. The molecule has 0 heterocycles. The van der Waals surface area contributed by atoms with Gasteiger partial charge in [0.25, 0.3) is 0 Å². The Kier molecular flexibility index (Phi) is 5.25. The molecule has 0 saturated heterocycles. The summed E-state index contributed by atoms with van der Waals surface area (Å²) in [6.45, 7) is 0. The molecule has 194 valence electrons. The van der Waals surface area contributed by atoms with Crippen molar-refractivity contribution in [2.75, 3.05) is 16.8 Å². The van der Waals surface area contributed by atoms with Crippen LogP contribution in [0, 0.1) is 5.92 Å². The second-order valence-electron chi connectivity index (χ2n) is 11.4. The van der Waals surface area contributed by atoms with Gasteiger partial charge in [0, 0.05) is 52.1 Å². The first-order chi connectivity index (χ1) is 19.7. The molecule has 5 aromatic rings. The van der Waals surface area contributed by atoms with Crippen molar-refractivity contribution >= 4 is 44.7 Å². The molecule has 0 aromatic heterocycles. The number of allylic oxidation sites excluding steroid dienone is 2. The van der Waals surface area contributed by atoms with Crippen molar-refractivity contribution in [3.8, 4) is 0 Å². The lowest BCUT2D eigenvalue weighted by atomic mass is 9.93. The SMILES string of the molecule is CN(C1=CC2CC2(N(c2cccc3c2C=CCC3)c2cccc3ccccc23)C=C1)c1cccc2ccccc12. The number of nitrogens with zero attached hydrogens (tertiary/aromatic N) is 2. The van der Waals surface area contributed by atoms with Crippen molar-refractivity contribution in [2.24, 2.45) is 5.92 Å². The lowest BCUT2D eigenvalue weighted by Gasteiger charge is -2.38. The molecular formula is C38H32N2. The van der Waals surface area contributed by atoms with Crippen LogP contribution >= 0.6 is 0 Å². The summed E-state index contributed by atoms with van der Waals surface area (Å²) < 4.78 is 0. The highest BCUT2D eigenvalue weighted by Crippen LogP contribution is 2.59. The van der Waals surface area contributed by atoms with Gasteiger partial charge in [0.05, 0.1) is 5.54 Å². The molecule has 2 nitrogen and oxygen atoms in total. The summed E-state index contributed by atoms with van der Waals surface area (Å²) in [5.41, 5.74) is 7.86. The van der Waals surface area contributed by atoms with Gasteiger partial charge in [-0.05, 0) is 59.9 Å². The Balaban J connectivity index is 1.24. The molecule has 0 N–H and O–H groups in total. The third kappa shape index (κ3) is 3.56. The van der Waals surface area contributed by atoms with Crippen LogP contribution < -0.4 is 9.80 Å². The lowest BCUT2D eigenvalue weighted by Crippen LogP contribution is -2.36. The van der Waals surface area contributed by atoms with Gasteiger partial charge in [-0.3, -0.25) is 0 Å². The zero-order chi connectivity index (χ0) is 26.7. The molecule has 3 aliphatic rings. The highest BCUT2D eigenvalue weighted by molar-refractivity contribution is 5.99. The van der Waals surface area contributed by atoms with E-state index in [2.05, 4.69) is 150 Å². The van der Waals surface area contributed by atoms with Crippen molar-refractivity contribution in [3.05, 3.63) is 144 Å². The van der Waals surface area contributed by atoms with Crippen LogP contribution in [-0.2, 0) is 6.42 Å². The number of aryl methyl sites for hydroxylation is 1. The molecule has 3 aliphatic carbocycles. The van der Waals surface area contributed by atoms with Crippen LogP contribution in [0.4, 0.5) is 17.1 Å². The van der Waals surface area contributed by atoms with Gasteiger partial charge in [-0.25, -0.2) is 0 Å². The van der Waals surface area contributed by atoms with E-state index in [1.54, 1.807) is 0 Å². The van der Waals surface area contributed by atoms with Crippen LogP contribution in [0.1, 0.15) is 24.0 Å². The van der Waals surface area contributed by atoms with Crippen LogP contribution in [0.5, 0.6) is 0 Å². The van der Waals surface area contributed by atoms with Gasteiger partial charge in [-0.1, -0.05) is 109 Å². The zero-order valence-electron chi connectivity index (χ0n) is 22.8. The maximum absolute atomic E-state index is 2.66. The van der Waals surface area contributed by atoms with E-state index in [1.165, 1.54) is 55.4 Å². The van der Waals surface area contributed by atoms with Gasteiger partial charge in [-0.2, -0.15) is 0 Å². The Labute approximate surface area is 236 Å². The summed E-state index contributed by atoms with van der Waals surface area (Å²) in [5, 5.41) is 5.15. The maximum atomic E-state index is 2.66. The molecule has 0 radical (unpaired) electrons. The first-order valence-electron chi connectivity index (χ1n) is 14.4. The molecule has 0 bridgehead atoms. The number of hydrogen-bond acceptors (Lipinski definition) is 2. The molecule has 2 heteroatoms. The number of fused-ring (bicyclic) bond motifs is 4. The van der Waals surface area contributed by atoms with Crippen molar-refractivity contribution < 1.29 is 0 Å². The maximum Gasteiger partial charge on any atom is 0.0708 e. The van der Waals surface area contributed by atoms with Crippen LogP contribution in [-0.4, -0.2) is 12.6 Å². The number of anilines is 3. The fourth-order valence-electron chi connectivity index (χ4n) is 7.00. The predicted molar refractivity (Wildman–Crippen MR) is 170 cm³/mol. The molecule has 2 atom stereocenters. The van der Waals surface area contributed by atoms with E-state index >= 15 is 0 Å². The Morgan fingerprint density at radius 2 is 1.32 bits per heavy atom. The highest BCUT2D eigenvalue weighted by atomic mass is 15.3. The van der Waals surface area contributed by atoms with Crippen LogP contribution in [0.25, 0.3) is 27.6 Å². The lowest BCUT2D eigenvalue weighted by molar-refractivity contribution is 0.745. The molecule has 0 spiro atoms. The Morgan fingerprint density at radius 3 is 2.10 bits per heavy atom. The molecule has 8 rings (SSSR count). The summed E-state index contributed by atoms with van der Waals surface area (Å²) in [5.74, 6) is 0.437. The molecular weight excluding hydrogens is 484 g/mol. The Morgan fingerprint density at radius 1 is 0.675 bits per heavy atom. The quantitative estimate of drug-likeness (QED) is 0.230. The second-order valence-corrected chi connectivity index (χ2v) is 11.4. The topological polar surface area (TPSA) is 6.48 Å². The van der Waals surface area contributed by atoms with Crippen molar-refractivity contribution in [1.29, 1.82) is 0 Å². The van der Waals surface area contributed by atoms with Gasteiger partial charge in [-0.15, -0.1) is 0 Å². The van der Waals surface area contributed by atoms with Crippen LogP contribution in [0.3, 0.4) is 0 Å². The van der Waals surface area contributed by atoms with Crippen molar-refractivity contribution in [3.63, 3.8) is 0 Å². The van der Waals surface area contributed by atoms with Gasteiger partial charge in [0.2, 0.25) is 0 Å². The average molecular weight is 517 g/mol. The number of benzene rings is 5. The minimum Gasteiger partial charge on any atom is -0.344 e. The first-order valence-corrected chi connectivity index (χ1v) is 14.4. The average Bonchev–Trinajstić information content (AvgIpc) is 3.75. The second kappa shape index (κ2) is 8.99. The van der Waals surface area contributed by atoms with Crippen LogP contribution in [0.15, 0.2) is 133 Å². The molecule has 40 heavy (non-hydrogen) atoms. The minimum atomic E-state index is -0.0758. The molecule has 0 amide bonds. The highest BCUT2D eigenvalue weighted by Gasteiger charge is 2.58. The molecule has 1 saturated carbocycles. The van der Waals surface area contributed by atoms with E-state index in [0.717, 1.165) is 19.3 Å².